The Labute approximate surface area is 271 Å². The average molecular weight is 685 g/mol. The summed E-state index contributed by atoms with van der Waals surface area (Å²) >= 11 is 12.0. The standard InChI is InChI=1S/C32H34Cl2F3N3O4S/c1-21-11-14-27(15-12-21)45(43,44)40(26-13-16-29(34)28(18-26)32(35,36)37)20-30(41)39(19-23-7-6-8-24(33)17-23)22(2)31(42)38-25-9-4-3-5-10-25/h6-8,11-18,22,25H,3-5,9-10,19-20H2,1-2H3,(H,38,42)/t22-/m0/s1. The topological polar surface area (TPSA) is 86.8 Å². The summed E-state index contributed by atoms with van der Waals surface area (Å²) in [4.78, 5) is 28.5. The zero-order valence-electron chi connectivity index (χ0n) is 24.8. The molecule has 0 aromatic heterocycles. The summed E-state index contributed by atoms with van der Waals surface area (Å²) in [7, 11) is -4.57. The van der Waals surface area contributed by atoms with Crippen LogP contribution in [0.1, 0.15) is 55.7 Å². The molecular formula is C32H34Cl2F3N3O4S. The molecule has 45 heavy (non-hydrogen) atoms. The number of carbonyl (C=O) groups is 2. The van der Waals surface area contributed by atoms with Crippen molar-refractivity contribution >= 4 is 50.7 Å². The van der Waals surface area contributed by atoms with Gasteiger partial charge in [-0.3, -0.25) is 13.9 Å². The van der Waals surface area contributed by atoms with Crippen molar-refractivity contribution in [1.82, 2.24) is 10.2 Å². The molecule has 0 unspecified atom stereocenters. The molecule has 1 saturated carbocycles. The number of hydrogen-bond donors (Lipinski definition) is 1. The number of amides is 2. The highest BCUT2D eigenvalue weighted by molar-refractivity contribution is 7.92. The normalized spacial score (nSPS) is 14.9. The first-order valence-electron chi connectivity index (χ1n) is 14.5. The van der Waals surface area contributed by atoms with Crippen molar-refractivity contribution in [2.45, 2.75) is 75.7 Å². The Bertz CT molecular complexity index is 1630. The number of alkyl halides is 3. The van der Waals surface area contributed by atoms with Gasteiger partial charge in [-0.25, -0.2) is 8.42 Å². The van der Waals surface area contributed by atoms with Gasteiger partial charge >= 0.3 is 6.18 Å². The summed E-state index contributed by atoms with van der Waals surface area (Å²) in [5.41, 5.74) is -0.336. The van der Waals surface area contributed by atoms with Crippen molar-refractivity contribution in [1.29, 1.82) is 0 Å². The molecule has 7 nitrogen and oxygen atoms in total. The zero-order chi connectivity index (χ0) is 32.9. The Hall–Kier alpha value is -3.28. The number of halogens is 5. The van der Waals surface area contributed by atoms with Crippen LogP contribution in [-0.4, -0.2) is 43.8 Å². The van der Waals surface area contributed by atoms with E-state index in [0.717, 1.165) is 49.8 Å². The maximum atomic E-state index is 14.1. The minimum Gasteiger partial charge on any atom is -0.352 e. The highest BCUT2D eigenvalue weighted by atomic mass is 35.5. The molecule has 0 aliphatic heterocycles. The molecule has 3 aromatic rings. The summed E-state index contributed by atoms with van der Waals surface area (Å²) in [5, 5.41) is 2.77. The molecule has 1 aliphatic carbocycles. The predicted octanol–water partition coefficient (Wildman–Crippen LogP) is 7.38. The van der Waals surface area contributed by atoms with Gasteiger partial charge in [0.1, 0.15) is 12.6 Å². The second kappa shape index (κ2) is 14.4. The number of benzene rings is 3. The van der Waals surface area contributed by atoms with Crippen molar-refractivity contribution in [3.63, 3.8) is 0 Å². The molecule has 0 bridgehead atoms. The van der Waals surface area contributed by atoms with Gasteiger partial charge in [0, 0.05) is 17.6 Å². The number of carbonyl (C=O) groups excluding carboxylic acids is 2. The largest absolute Gasteiger partial charge is 0.417 e. The number of nitrogens with zero attached hydrogens (tertiary/aromatic N) is 2. The van der Waals surface area contributed by atoms with Gasteiger partial charge in [-0.2, -0.15) is 13.2 Å². The van der Waals surface area contributed by atoms with E-state index in [1.54, 1.807) is 43.3 Å². The molecule has 2 amide bonds. The van der Waals surface area contributed by atoms with Crippen molar-refractivity contribution in [2.24, 2.45) is 0 Å². The molecule has 0 heterocycles. The van der Waals surface area contributed by atoms with E-state index >= 15 is 0 Å². The first-order chi connectivity index (χ1) is 21.2. The second-order valence-corrected chi connectivity index (χ2v) is 13.9. The van der Waals surface area contributed by atoms with Crippen LogP contribution in [0.5, 0.6) is 0 Å². The summed E-state index contributed by atoms with van der Waals surface area (Å²) < 4.78 is 70.0. The Morgan fingerprint density at radius 2 is 1.64 bits per heavy atom. The molecule has 3 aromatic carbocycles. The molecule has 1 fully saturated rings. The molecule has 1 atom stereocenters. The SMILES string of the molecule is Cc1ccc(S(=O)(=O)N(CC(=O)N(Cc2cccc(Cl)c2)[C@@H](C)C(=O)NC2CCCCC2)c2ccc(Cl)c(C(F)(F)F)c2)cc1. The molecule has 242 valence electrons. The van der Waals surface area contributed by atoms with Gasteiger partial charge in [-0.1, -0.05) is 72.3 Å². The minimum absolute atomic E-state index is 0.0508. The van der Waals surface area contributed by atoms with Crippen LogP contribution >= 0.6 is 23.2 Å². The van der Waals surface area contributed by atoms with E-state index in [4.69, 9.17) is 23.2 Å². The van der Waals surface area contributed by atoms with Crippen molar-refractivity contribution in [2.75, 3.05) is 10.8 Å². The van der Waals surface area contributed by atoms with Crippen molar-refractivity contribution in [3.05, 3.63) is 93.5 Å². The van der Waals surface area contributed by atoms with Crippen LogP contribution in [0.15, 0.2) is 71.6 Å². The quantitative estimate of drug-likeness (QED) is 0.242. The average Bonchev–Trinajstić information content (AvgIpc) is 2.98. The van der Waals surface area contributed by atoms with Crippen molar-refractivity contribution < 1.29 is 31.2 Å². The van der Waals surface area contributed by atoms with Crippen LogP contribution in [0.2, 0.25) is 10.0 Å². The minimum atomic E-state index is -4.89. The molecule has 1 N–H and O–H groups in total. The number of rotatable bonds is 10. The van der Waals surface area contributed by atoms with Gasteiger partial charge < -0.3 is 10.2 Å². The van der Waals surface area contributed by atoms with Crippen LogP contribution in [0, 0.1) is 6.92 Å². The monoisotopic (exact) mass is 683 g/mol. The predicted molar refractivity (Wildman–Crippen MR) is 169 cm³/mol. The van der Waals surface area contributed by atoms with E-state index in [9.17, 15) is 31.2 Å². The van der Waals surface area contributed by atoms with Crippen LogP contribution < -0.4 is 9.62 Å². The fraction of sp³-hybridized carbons (Fsp3) is 0.375. The maximum absolute atomic E-state index is 14.1. The Balaban J connectivity index is 1.75. The van der Waals surface area contributed by atoms with Crippen LogP contribution in [-0.2, 0) is 32.3 Å². The Morgan fingerprint density at radius 1 is 0.978 bits per heavy atom. The highest BCUT2D eigenvalue weighted by Gasteiger charge is 2.37. The van der Waals surface area contributed by atoms with Crippen LogP contribution in [0.25, 0.3) is 0 Å². The van der Waals surface area contributed by atoms with E-state index < -0.39 is 56.9 Å². The first kappa shape index (κ1) is 34.6. The fourth-order valence-electron chi connectivity index (χ4n) is 5.24. The van der Waals surface area contributed by atoms with Crippen molar-refractivity contribution in [3.8, 4) is 0 Å². The van der Waals surface area contributed by atoms with Crippen LogP contribution in [0.4, 0.5) is 18.9 Å². The van der Waals surface area contributed by atoms with E-state index in [1.807, 2.05) is 0 Å². The zero-order valence-corrected chi connectivity index (χ0v) is 27.1. The fourth-order valence-corrected chi connectivity index (χ4v) is 7.08. The van der Waals surface area contributed by atoms with Gasteiger partial charge in [-0.15, -0.1) is 0 Å². The summed E-state index contributed by atoms with van der Waals surface area (Å²) in [6.07, 6.45) is -0.258. The number of anilines is 1. The lowest BCUT2D eigenvalue weighted by atomic mass is 9.95. The third-order valence-corrected chi connectivity index (χ3v) is 10.1. The van der Waals surface area contributed by atoms with E-state index in [-0.39, 0.29) is 17.5 Å². The molecular weight excluding hydrogens is 650 g/mol. The van der Waals surface area contributed by atoms with E-state index in [1.165, 1.54) is 24.0 Å². The van der Waals surface area contributed by atoms with E-state index in [0.29, 0.717) is 21.0 Å². The van der Waals surface area contributed by atoms with E-state index in [2.05, 4.69) is 5.32 Å². The van der Waals surface area contributed by atoms with Gasteiger partial charge in [-0.05, 0) is 74.7 Å². The third-order valence-electron chi connectivity index (χ3n) is 7.79. The molecule has 0 spiro atoms. The Kier molecular flexibility index (Phi) is 11.1. The lowest BCUT2D eigenvalue weighted by Crippen LogP contribution is -2.53. The Morgan fingerprint density at radius 3 is 2.27 bits per heavy atom. The van der Waals surface area contributed by atoms with Gasteiger partial charge in [0.25, 0.3) is 10.0 Å². The highest BCUT2D eigenvalue weighted by Crippen LogP contribution is 2.38. The molecule has 1 aliphatic rings. The lowest BCUT2D eigenvalue weighted by Gasteiger charge is -2.33. The molecule has 4 rings (SSSR count). The van der Waals surface area contributed by atoms with Crippen LogP contribution in [0.3, 0.4) is 0 Å². The smallest absolute Gasteiger partial charge is 0.352 e. The van der Waals surface area contributed by atoms with Gasteiger partial charge in [0.15, 0.2) is 0 Å². The lowest BCUT2D eigenvalue weighted by molar-refractivity contribution is -0.139. The first-order valence-corrected chi connectivity index (χ1v) is 16.7. The summed E-state index contributed by atoms with van der Waals surface area (Å²) in [6.45, 7) is 2.28. The summed E-state index contributed by atoms with van der Waals surface area (Å²) in [6, 6.07) is 13.9. The molecule has 13 heteroatoms. The van der Waals surface area contributed by atoms with Gasteiger partial charge in [0.05, 0.1) is 21.2 Å². The number of aryl methyl sites for hydroxylation is 1. The van der Waals surface area contributed by atoms with Gasteiger partial charge in [0.2, 0.25) is 11.8 Å². The third kappa shape index (κ3) is 8.71. The number of sulfonamides is 1. The maximum Gasteiger partial charge on any atom is 0.417 e. The number of nitrogens with one attached hydrogen (secondary N) is 1. The molecule has 0 radical (unpaired) electrons. The number of hydrogen-bond acceptors (Lipinski definition) is 4. The second-order valence-electron chi connectivity index (χ2n) is 11.2. The summed E-state index contributed by atoms with van der Waals surface area (Å²) in [5.74, 6) is -1.23. The molecule has 0 saturated heterocycles.